The van der Waals surface area contributed by atoms with Gasteiger partial charge in [-0.3, -0.25) is 0 Å². The van der Waals surface area contributed by atoms with Crippen molar-refractivity contribution in [3.8, 4) is 5.88 Å². The minimum atomic E-state index is -0.138. The lowest BCUT2D eigenvalue weighted by Crippen LogP contribution is -2.47. The van der Waals surface area contributed by atoms with Gasteiger partial charge in [0.1, 0.15) is 5.69 Å². The number of aromatic nitrogens is 1. The summed E-state index contributed by atoms with van der Waals surface area (Å²) in [5.41, 5.74) is 0.596. The van der Waals surface area contributed by atoms with Gasteiger partial charge in [0.2, 0.25) is 5.88 Å². The minimum Gasteiger partial charge on any atom is -0.476 e. The quantitative estimate of drug-likeness (QED) is 0.917. The molecule has 0 aromatic carbocycles. The first-order chi connectivity index (χ1) is 9.74. The fraction of sp³-hybridized carbons (Fsp3) is 0.571. The number of carbonyl (C=O) groups is 1. The first-order valence-electron chi connectivity index (χ1n) is 7.00. The lowest BCUT2D eigenvalue weighted by atomic mass is 10.2. The topological polar surface area (TPSA) is 63.7 Å². The molecule has 110 valence electrons. The molecule has 0 bridgehead atoms. The van der Waals surface area contributed by atoms with Gasteiger partial charge >= 0.3 is 6.03 Å². The van der Waals surface area contributed by atoms with Crippen LogP contribution in [-0.4, -0.2) is 48.3 Å². The molecule has 20 heavy (non-hydrogen) atoms. The summed E-state index contributed by atoms with van der Waals surface area (Å²) in [4.78, 5) is 18.1. The van der Waals surface area contributed by atoms with E-state index < -0.39 is 0 Å². The summed E-state index contributed by atoms with van der Waals surface area (Å²) >= 11 is 0. The SMILES string of the molecule is CCOc1ncccc1NC(=O)N1CCO[C@H](CC)C1. The Balaban J connectivity index is 2.00. The van der Waals surface area contributed by atoms with Crippen molar-refractivity contribution < 1.29 is 14.3 Å². The molecule has 1 saturated heterocycles. The third-order valence-electron chi connectivity index (χ3n) is 3.18. The fourth-order valence-corrected chi connectivity index (χ4v) is 2.08. The molecule has 2 rings (SSSR count). The number of carbonyl (C=O) groups excluding carboxylic acids is 1. The summed E-state index contributed by atoms with van der Waals surface area (Å²) < 4.78 is 11.0. The van der Waals surface area contributed by atoms with Gasteiger partial charge in [-0.25, -0.2) is 9.78 Å². The number of morpholine rings is 1. The number of urea groups is 1. The van der Waals surface area contributed by atoms with Gasteiger partial charge in [-0.15, -0.1) is 0 Å². The van der Waals surface area contributed by atoms with Crippen molar-refractivity contribution in [3.63, 3.8) is 0 Å². The van der Waals surface area contributed by atoms with E-state index in [1.807, 2.05) is 6.92 Å². The second-order valence-corrected chi connectivity index (χ2v) is 4.57. The van der Waals surface area contributed by atoms with Crippen molar-refractivity contribution >= 4 is 11.7 Å². The van der Waals surface area contributed by atoms with Gasteiger partial charge in [0.15, 0.2) is 0 Å². The summed E-state index contributed by atoms with van der Waals surface area (Å²) in [6.45, 7) is 6.25. The predicted molar refractivity (Wildman–Crippen MR) is 76.0 cm³/mol. The molecule has 2 heterocycles. The number of nitrogens with one attached hydrogen (secondary N) is 1. The third kappa shape index (κ3) is 3.60. The van der Waals surface area contributed by atoms with Crippen molar-refractivity contribution in [3.05, 3.63) is 18.3 Å². The number of amides is 2. The Morgan fingerprint density at radius 2 is 2.45 bits per heavy atom. The zero-order valence-corrected chi connectivity index (χ0v) is 12.0. The minimum absolute atomic E-state index is 0.120. The molecule has 1 fully saturated rings. The number of pyridine rings is 1. The molecular formula is C14H21N3O3. The summed E-state index contributed by atoms with van der Waals surface area (Å²) in [5.74, 6) is 0.448. The Bertz CT molecular complexity index is 453. The van der Waals surface area contributed by atoms with E-state index in [2.05, 4.69) is 17.2 Å². The van der Waals surface area contributed by atoms with Crippen LogP contribution in [0.5, 0.6) is 5.88 Å². The third-order valence-corrected chi connectivity index (χ3v) is 3.18. The second-order valence-electron chi connectivity index (χ2n) is 4.57. The highest BCUT2D eigenvalue weighted by Gasteiger charge is 2.23. The molecule has 1 aliphatic rings. The Morgan fingerprint density at radius 3 is 3.20 bits per heavy atom. The number of anilines is 1. The van der Waals surface area contributed by atoms with Gasteiger partial charge in [0.25, 0.3) is 0 Å². The van der Waals surface area contributed by atoms with Crippen molar-refractivity contribution in [2.45, 2.75) is 26.4 Å². The second kappa shape index (κ2) is 7.09. The molecule has 1 aliphatic heterocycles. The molecule has 1 atom stereocenters. The number of hydrogen-bond donors (Lipinski definition) is 1. The van der Waals surface area contributed by atoms with Gasteiger partial charge in [-0.2, -0.15) is 0 Å². The van der Waals surface area contributed by atoms with Gasteiger partial charge in [-0.05, 0) is 25.5 Å². The van der Waals surface area contributed by atoms with E-state index in [-0.39, 0.29) is 12.1 Å². The molecular weight excluding hydrogens is 258 g/mol. The van der Waals surface area contributed by atoms with Crippen LogP contribution < -0.4 is 10.1 Å². The monoisotopic (exact) mass is 279 g/mol. The molecule has 0 radical (unpaired) electrons. The lowest BCUT2D eigenvalue weighted by molar-refractivity contribution is -0.0134. The summed E-state index contributed by atoms with van der Waals surface area (Å²) in [7, 11) is 0. The van der Waals surface area contributed by atoms with E-state index in [4.69, 9.17) is 9.47 Å². The van der Waals surface area contributed by atoms with Crippen molar-refractivity contribution in [2.75, 3.05) is 31.6 Å². The van der Waals surface area contributed by atoms with Crippen molar-refractivity contribution in [1.29, 1.82) is 0 Å². The summed E-state index contributed by atoms with van der Waals surface area (Å²) in [6, 6.07) is 3.42. The van der Waals surface area contributed by atoms with Crippen LogP contribution >= 0.6 is 0 Å². The summed E-state index contributed by atoms with van der Waals surface area (Å²) in [5, 5.41) is 2.85. The number of ether oxygens (including phenoxy) is 2. The molecule has 6 nitrogen and oxygen atoms in total. The normalized spacial score (nSPS) is 18.7. The molecule has 2 amide bonds. The maximum atomic E-state index is 12.3. The van der Waals surface area contributed by atoms with E-state index in [0.29, 0.717) is 37.9 Å². The predicted octanol–water partition coefficient (Wildman–Crippen LogP) is 2.12. The fourth-order valence-electron chi connectivity index (χ4n) is 2.08. The zero-order valence-electron chi connectivity index (χ0n) is 12.0. The Labute approximate surface area is 119 Å². The Morgan fingerprint density at radius 1 is 1.60 bits per heavy atom. The van der Waals surface area contributed by atoms with E-state index in [0.717, 1.165) is 6.42 Å². The van der Waals surface area contributed by atoms with Crippen LogP contribution in [0.3, 0.4) is 0 Å². The van der Waals surface area contributed by atoms with Crippen molar-refractivity contribution in [2.24, 2.45) is 0 Å². The van der Waals surface area contributed by atoms with Crippen LogP contribution in [0.4, 0.5) is 10.5 Å². The molecule has 1 aromatic heterocycles. The van der Waals surface area contributed by atoms with E-state index >= 15 is 0 Å². The van der Waals surface area contributed by atoms with Gasteiger partial charge in [0, 0.05) is 19.3 Å². The number of nitrogens with zero attached hydrogens (tertiary/aromatic N) is 2. The summed E-state index contributed by atoms with van der Waals surface area (Å²) in [6.07, 6.45) is 2.67. The molecule has 0 unspecified atom stereocenters. The maximum Gasteiger partial charge on any atom is 0.322 e. The highest BCUT2D eigenvalue weighted by atomic mass is 16.5. The maximum absolute atomic E-state index is 12.3. The van der Waals surface area contributed by atoms with Crippen LogP contribution in [0, 0.1) is 0 Å². The highest BCUT2D eigenvalue weighted by molar-refractivity contribution is 5.90. The molecule has 0 spiro atoms. The van der Waals surface area contributed by atoms with Crippen LogP contribution in [0.1, 0.15) is 20.3 Å². The number of rotatable bonds is 4. The van der Waals surface area contributed by atoms with Gasteiger partial charge in [-0.1, -0.05) is 6.92 Å². The van der Waals surface area contributed by atoms with Gasteiger partial charge < -0.3 is 19.7 Å². The molecule has 6 heteroatoms. The number of hydrogen-bond acceptors (Lipinski definition) is 4. The Hall–Kier alpha value is -1.82. The molecule has 1 aromatic rings. The molecule has 0 aliphatic carbocycles. The van der Waals surface area contributed by atoms with E-state index in [1.54, 1.807) is 23.2 Å². The first kappa shape index (κ1) is 14.6. The smallest absolute Gasteiger partial charge is 0.322 e. The average molecular weight is 279 g/mol. The van der Waals surface area contributed by atoms with Crippen LogP contribution in [0.15, 0.2) is 18.3 Å². The lowest BCUT2D eigenvalue weighted by Gasteiger charge is -2.32. The standard InChI is InChI=1S/C14H21N3O3/c1-3-11-10-17(8-9-20-11)14(18)16-12-6-5-7-15-13(12)19-4-2/h5-7,11H,3-4,8-10H2,1-2H3,(H,16,18)/t11-/m1/s1. The molecule has 1 N–H and O–H groups in total. The van der Waals surface area contributed by atoms with Crippen LogP contribution in [0.2, 0.25) is 0 Å². The van der Waals surface area contributed by atoms with Crippen LogP contribution in [-0.2, 0) is 4.74 Å². The highest BCUT2D eigenvalue weighted by Crippen LogP contribution is 2.21. The van der Waals surface area contributed by atoms with Crippen molar-refractivity contribution in [1.82, 2.24) is 9.88 Å². The first-order valence-corrected chi connectivity index (χ1v) is 7.00. The van der Waals surface area contributed by atoms with E-state index in [1.165, 1.54) is 0 Å². The van der Waals surface area contributed by atoms with Gasteiger partial charge in [0.05, 0.1) is 19.3 Å². The molecule has 0 saturated carbocycles. The zero-order chi connectivity index (χ0) is 14.4. The van der Waals surface area contributed by atoms with E-state index in [9.17, 15) is 4.79 Å². The largest absolute Gasteiger partial charge is 0.476 e. The Kier molecular flexibility index (Phi) is 5.17. The average Bonchev–Trinajstić information content (AvgIpc) is 2.49. The van der Waals surface area contributed by atoms with Crippen LogP contribution in [0.25, 0.3) is 0 Å².